The Morgan fingerprint density at radius 3 is 2.53 bits per heavy atom. The van der Waals surface area contributed by atoms with E-state index in [0.717, 1.165) is 38.6 Å². The lowest BCUT2D eigenvalue weighted by atomic mass is 9.44. The fraction of sp³-hybridized carbons (Fsp3) is 0.656. The average molecular weight is 492 g/mol. The second kappa shape index (κ2) is 10.7. The Kier molecular flexibility index (Phi) is 8.03. The molecule has 3 saturated carbocycles. The molecule has 0 aliphatic heterocycles. The molecule has 4 heteroatoms. The maximum absolute atomic E-state index is 12.3. The number of aliphatic hydroxyl groups is 1. The Hall–Kier alpha value is -2.09. The van der Waals surface area contributed by atoms with Crippen LogP contribution in [0.15, 0.2) is 35.9 Å². The zero-order valence-corrected chi connectivity index (χ0v) is 22.9. The third-order valence-electron chi connectivity index (χ3n) is 10.3. The van der Waals surface area contributed by atoms with E-state index in [-0.39, 0.29) is 16.9 Å². The molecule has 4 aliphatic carbocycles. The summed E-state index contributed by atoms with van der Waals surface area (Å²) in [5, 5.41) is 11.1. The molecule has 1 N–H and O–H groups in total. The molecule has 7 unspecified atom stereocenters. The SMILES string of the molecule is C#CC.COCCN(C)c1ccc(C2CC3(C)C(O)CCC3C3CCC4=CC(=O)CCC4(C)C23)cc1. The summed E-state index contributed by atoms with van der Waals surface area (Å²) in [5.74, 6) is 4.77. The summed E-state index contributed by atoms with van der Waals surface area (Å²) in [4.78, 5) is 14.5. The van der Waals surface area contributed by atoms with Gasteiger partial charge in [-0.15, -0.1) is 12.3 Å². The van der Waals surface area contributed by atoms with Crippen LogP contribution in [0.4, 0.5) is 5.69 Å². The van der Waals surface area contributed by atoms with Crippen LogP contribution >= 0.6 is 0 Å². The lowest BCUT2D eigenvalue weighted by Gasteiger charge is -2.61. The number of fused-ring (bicyclic) bond motifs is 5. The van der Waals surface area contributed by atoms with Crippen molar-refractivity contribution in [2.45, 2.75) is 77.7 Å². The van der Waals surface area contributed by atoms with Gasteiger partial charge in [0, 0.05) is 32.8 Å². The number of terminal acetylenes is 1. The number of carbonyl (C=O) groups is 1. The Bertz CT molecular complexity index is 1010. The molecule has 0 aromatic heterocycles. The molecule has 0 heterocycles. The molecular formula is C32H45NO3. The van der Waals surface area contributed by atoms with Gasteiger partial charge < -0.3 is 14.7 Å². The van der Waals surface area contributed by atoms with E-state index in [1.807, 2.05) is 6.08 Å². The van der Waals surface area contributed by atoms with Crippen LogP contribution in [0.25, 0.3) is 0 Å². The summed E-state index contributed by atoms with van der Waals surface area (Å²) < 4.78 is 5.25. The molecule has 3 fully saturated rings. The number of methoxy groups -OCH3 is 1. The van der Waals surface area contributed by atoms with Gasteiger partial charge in [-0.25, -0.2) is 0 Å². The van der Waals surface area contributed by atoms with Crippen LogP contribution in [0, 0.1) is 40.9 Å². The Morgan fingerprint density at radius 2 is 1.86 bits per heavy atom. The number of rotatable bonds is 5. The number of anilines is 1. The molecule has 7 atom stereocenters. The topological polar surface area (TPSA) is 49.8 Å². The van der Waals surface area contributed by atoms with Gasteiger partial charge >= 0.3 is 0 Å². The zero-order valence-electron chi connectivity index (χ0n) is 22.9. The number of aliphatic hydroxyl groups excluding tert-OH is 1. The molecule has 0 amide bonds. The molecule has 1 aromatic rings. The minimum Gasteiger partial charge on any atom is -0.393 e. The summed E-state index contributed by atoms with van der Waals surface area (Å²) in [6.07, 6.45) is 13.5. The minimum atomic E-state index is -0.192. The summed E-state index contributed by atoms with van der Waals surface area (Å²) in [7, 11) is 3.86. The average Bonchev–Trinajstić information content (AvgIpc) is 3.17. The molecular weight excluding hydrogens is 446 g/mol. The highest BCUT2D eigenvalue weighted by Crippen LogP contribution is 2.68. The minimum absolute atomic E-state index is 0.00181. The van der Waals surface area contributed by atoms with E-state index < -0.39 is 0 Å². The molecule has 4 nitrogen and oxygen atoms in total. The number of ketones is 1. The van der Waals surface area contributed by atoms with Crippen molar-refractivity contribution in [1.82, 2.24) is 0 Å². The quantitative estimate of drug-likeness (QED) is 0.514. The first-order chi connectivity index (χ1) is 17.2. The molecule has 0 saturated heterocycles. The van der Waals surface area contributed by atoms with Crippen LogP contribution in [-0.2, 0) is 9.53 Å². The van der Waals surface area contributed by atoms with Crippen LogP contribution in [0.2, 0.25) is 0 Å². The van der Waals surface area contributed by atoms with Crippen molar-refractivity contribution < 1.29 is 14.6 Å². The van der Waals surface area contributed by atoms with Crippen molar-refractivity contribution in [2.75, 3.05) is 32.2 Å². The molecule has 0 spiro atoms. The second-order valence-corrected chi connectivity index (χ2v) is 12.1. The lowest BCUT2D eigenvalue weighted by Crippen LogP contribution is -2.54. The van der Waals surface area contributed by atoms with Crippen molar-refractivity contribution in [2.24, 2.45) is 28.6 Å². The maximum Gasteiger partial charge on any atom is 0.155 e. The zero-order chi connectivity index (χ0) is 26.1. The molecule has 5 rings (SSSR count). The first kappa shape index (κ1) is 27.0. The van der Waals surface area contributed by atoms with Crippen molar-refractivity contribution in [1.29, 1.82) is 0 Å². The number of nitrogens with zero attached hydrogens (tertiary/aromatic N) is 1. The highest BCUT2D eigenvalue weighted by molar-refractivity contribution is 5.91. The van der Waals surface area contributed by atoms with Crippen molar-refractivity contribution in [3.63, 3.8) is 0 Å². The van der Waals surface area contributed by atoms with Crippen LogP contribution < -0.4 is 4.90 Å². The highest BCUT2D eigenvalue weighted by Gasteiger charge is 2.62. The van der Waals surface area contributed by atoms with Gasteiger partial charge in [0.25, 0.3) is 0 Å². The Morgan fingerprint density at radius 1 is 1.17 bits per heavy atom. The normalized spacial score (nSPS) is 36.9. The van der Waals surface area contributed by atoms with Gasteiger partial charge in [0.05, 0.1) is 12.7 Å². The molecule has 0 bridgehead atoms. The molecule has 36 heavy (non-hydrogen) atoms. The summed E-state index contributed by atoms with van der Waals surface area (Å²) in [6.45, 7) is 8.06. The van der Waals surface area contributed by atoms with E-state index in [0.29, 0.717) is 42.5 Å². The fourth-order valence-corrected chi connectivity index (χ4v) is 8.38. The predicted octanol–water partition coefficient (Wildman–Crippen LogP) is 6.00. The van der Waals surface area contributed by atoms with E-state index in [9.17, 15) is 9.90 Å². The number of hydrogen-bond acceptors (Lipinski definition) is 4. The molecule has 1 aromatic carbocycles. The smallest absolute Gasteiger partial charge is 0.155 e. The first-order valence-corrected chi connectivity index (χ1v) is 13.8. The van der Waals surface area contributed by atoms with Gasteiger partial charge in [-0.05, 0) is 104 Å². The van der Waals surface area contributed by atoms with Gasteiger partial charge in [0.2, 0.25) is 0 Å². The highest BCUT2D eigenvalue weighted by atomic mass is 16.5. The van der Waals surface area contributed by atoms with Crippen LogP contribution in [0.5, 0.6) is 0 Å². The first-order valence-electron chi connectivity index (χ1n) is 13.8. The summed E-state index contributed by atoms with van der Waals surface area (Å²) >= 11 is 0. The van der Waals surface area contributed by atoms with E-state index >= 15 is 0 Å². The van der Waals surface area contributed by atoms with Crippen LogP contribution in [-0.4, -0.2) is 44.3 Å². The monoisotopic (exact) mass is 491 g/mol. The molecule has 0 radical (unpaired) electrons. The third-order valence-corrected chi connectivity index (χ3v) is 10.3. The maximum atomic E-state index is 12.3. The van der Waals surface area contributed by atoms with Gasteiger partial charge in [-0.2, -0.15) is 0 Å². The van der Waals surface area contributed by atoms with Crippen molar-refractivity contribution in [3.05, 3.63) is 41.5 Å². The molecule has 4 aliphatic rings. The van der Waals surface area contributed by atoms with Gasteiger partial charge in [-0.3, -0.25) is 4.79 Å². The number of hydrogen-bond donors (Lipinski definition) is 1. The predicted molar refractivity (Wildman–Crippen MR) is 147 cm³/mol. The van der Waals surface area contributed by atoms with E-state index in [2.05, 4.69) is 62.4 Å². The fourth-order valence-electron chi connectivity index (χ4n) is 8.38. The Labute approximate surface area is 218 Å². The largest absolute Gasteiger partial charge is 0.393 e. The number of allylic oxidation sites excluding steroid dienone is 1. The third kappa shape index (κ3) is 4.66. The van der Waals surface area contributed by atoms with Gasteiger partial charge in [0.1, 0.15) is 0 Å². The van der Waals surface area contributed by atoms with Crippen molar-refractivity contribution in [3.8, 4) is 12.3 Å². The molecule has 196 valence electrons. The van der Waals surface area contributed by atoms with E-state index in [4.69, 9.17) is 4.74 Å². The number of carbonyl (C=O) groups excluding carboxylic acids is 1. The Balaban J connectivity index is 0.000000967. The standard InChI is InChI=1S/C29H41NO3.C3H4/c1-28-14-13-22(31)17-20(28)7-10-23-25-11-12-26(32)29(25,2)18-24(27(23)28)19-5-8-21(9-6-19)30(3)15-16-33-4;1-3-2/h5-6,8-9,17,23-27,32H,7,10-16,18H2,1-4H3;1H,2H3. The van der Waals surface area contributed by atoms with Crippen LogP contribution in [0.3, 0.4) is 0 Å². The summed E-state index contributed by atoms with van der Waals surface area (Å²) in [6, 6.07) is 9.18. The van der Waals surface area contributed by atoms with Crippen LogP contribution in [0.1, 0.15) is 77.2 Å². The van der Waals surface area contributed by atoms with E-state index in [1.165, 1.54) is 23.2 Å². The number of benzene rings is 1. The summed E-state index contributed by atoms with van der Waals surface area (Å²) in [5.41, 5.74) is 4.13. The second-order valence-electron chi connectivity index (χ2n) is 12.1. The lowest BCUT2D eigenvalue weighted by molar-refractivity contribution is -0.118. The van der Waals surface area contributed by atoms with E-state index in [1.54, 1.807) is 14.0 Å². The van der Waals surface area contributed by atoms with Gasteiger partial charge in [-0.1, -0.05) is 31.6 Å². The van der Waals surface area contributed by atoms with Crippen molar-refractivity contribution >= 4 is 11.5 Å². The number of likely N-dealkylation sites (N-methyl/N-ethyl adjacent to an activating group) is 1. The number of ether oxygens (including phenoxy) is 1. The van der Waals surface area contributed by atoms with Gasteiger partial charge in [0.15, 0.2) is 5.78 Å².